The minimum absolute atomic E-state index is 0.615. The first kappa shape index (κ1) is 34.1. The summed E-state index contributed by atoms with van der Waals surface area (Å²) in [7, 11) is 0. The van der Waals surface area contributed by atoms with E-state index in [1.165, 1.54) is 118 Å². The highest BCUT2D eigenvalue weighted by Crippen LogP contribution is 2.49. The van der Waals surface area contributed by atoms with Crippen LogP contribution in [0, 0.1) is 5.92 Å². The summed E-state index contributed by atoms with van der Waals surface area (Å²) < 4.78 is 0. The molecule has 0 bridgehead atoms. The third-order valence-corrected chi connectivity index (χ3v) is 14.6. The number of benzene rings is 8. The lowest BCUT2D eigenvalue weighted by Gasteiger charge is -2.16. The van der Waals surface area contributed by atoms with Gasteiger partial charge in [-0.05, 0) is 173 Å². The molecule has 15 rings (SSSR count). The van der Waals surface area contributed by atoms with Crippen LogP contribution in [-0.2, 0) is 38.5 Å². The summed E-state index contributed by atoms with van der Waals surface area (Å²) in [4.78, 5) is 0. The highest BCUT2D eigenvalue weighted by molar-refractivity contribution is 5.90. The fraction of sp³-hybridized carbons (Fsp3) is 0.133. The Morgan fingerprint density at radius 1 is 0.300 bits per heavy atom. The van der Waals surface area contributed by atoms with Crippen LogP contribution < -0.4 is 0 Å². The van der Waals surface area contributed by atoms with Crippen LogP contribution in [-0.4, -0.2) is 0 Å². The van der Waals surface area contributed by atoms with Crippen molar-refractivity contribution >= 4 is 0 Å². The van der Waals surface area contributed by atoms with Gasteiger partial charge in [0.2, 0.25) is 0 Å². The summed E-state index contributed by atoms with van der Waals surface area (Å²) in [6.45, 7) is 0. The molecule has 0 N–H and O–H groups in total. The van der Waals surface area contributed by atoms with Crippen LogP contribution in [0.1, 0.15) is 72.7 Å². The van der Waals surface area contributed by atoms with E-state index in [0.29, 0.717) is 11.8 Å². The van der Waals surface area contributed by atoms with Crippen molar-refractivity contribution in [3.8, 4) is 55.6 Å². The fourth-order valence-corrected chi connectivity index (χ4v) is 11.8. The average Bonchev–Trinajstić information content (AvgIpc) is 4.15. The summed E-state index contributed by atoms with van der Waals surface area (Å²) in [5.74, 6) is 1.30. The van der Waals surface area contributed by atoms with Gasteiger partial charge in [0.25, 0.3) is 0 Å². The molecular formula is C60H44. The van der Waals surface area contributed by atoms with Crippen LogP contribution in [0.15, 0.2) is 182 Å². The Bertz CT molecular complexity index is 3080. The first-order chi connectivity index (χ1) is 29.7. The molecule has 0 fully saturated rings. The van der Waals surface area contributed by atoms with Crippen LogP contribution in [0.4, 0.5) is 0 Å². The van der Waals surface area contributed by atoms with Gasteiger partial charge in [0, 0.05) is 5.92 Å². The molecule has 284 valence electrons. The minimum atomic E-state index is 0.615. The van der Waals surface area contributed by atoms with Gasteiger partial charge in [0.1, 0.15) is 0 Å². The molecule has 0 spiro atoms. The van der Waals surface area contributed by atoms with Gasteiger partial charge in [0.05, 0.1) is 0 Å². The van der Waals surface area contributed by atoms with E-state index in [-0.39, 0.29) is 0 Å². The topological polar surface area (TPSA) is 0 Å². The number of hydrogen-bond acceptors (Lipinski definition) is 0. The molecule has 0 saturated carbocycles. The molecule has 0 aromatic heterocycles. The average molecular weight is 765 g/mol. The van der Waals surface area contributed by atoms with Crippen molar-refractivity contribution in [2.45, 2.75) is 44.4 Å². The molecule has 0 heterocycles. The number of rotatable bonds is 0. The van der Waals surface area contributed by atoms with Crippen molar-refractivity contribution < 1.29 is 0 Å². The Morgan fingerprint density at radius 2 is 0.767 bits per heavy atom. The second-order valence-corrected chi connectivity index (χ2v) is 17.8. The lowest BCUT2D eigenvalue weighted by atomic mass is 9.88. The Kier molecular flexibility index (Phi) is 7.61. The van der Waals surface area contributed by atoms with Crippen LogP contribution in [0.5, 0.6) is 0 Å². The second-order valence-electron chi connectivity index (χ2n) is 17.8. The maximum atomic E-state index is 2.48. The first-order valence-electron chi connectivity index (χ1n) is 21.9. The molecule has 0 saturated heterocycles. The van der Waals surface area contributed by atoms with Crippen molar-refractivity contribution in [3.63, 3.8) is 0 Å². The van der Waals surface area contributed by atoms with Gasteiger partial charge in [-0.2, -0.15) is 0 Å². The summed E-state index contributed by atoms with van der Waals surface area (Å²) in [5, 5.41) is 0. The SMILES string of the molecule is C1=CC2Cc3cc4c(cc3C2C=C1)Cc1ccccc1-4.c1ccc2c(c1)Cc1c-2ccc2c1-c1ccccc1C2.c1ccc2c(c1)Cc1cc3c(cc1-2)-c1ccccc1C3. The van der Waals surface area contributed by atoms with E-state index in [2.05, 4.69) is 182 Å². The molecule has 0 radical (unpaired) electrons. The van der Waals surface area contributed by atoms with E-state index >= 15 is 0 Å². The predicted octanol–water partition coefficient (Wildman–Crippen LogP) is 14.3. The predicted molar refractivity (Wildman–Crippen MR) is 249 cm³/mol. The Labute approximate surface area is 353 Å². The van der Waals surface area contributed by atoms with Crippen LogP contribution in [0.3, 0.4) is 0 Å². The lowest BCUT2D eigenvalue weighted by molar-refractivity contribution is 0.630. The molecule has 8 aromatic rings. The van der Waals surface area contributed by atoms with E-state index in [9.17, 15) is 0 Å². The Hall–Kier alpha value is -6.76. The zero-order valence-corrected chi connectivity index (χ0v) is 33.7. The molecule has 8 aromatic carbocycles. The van der Waals surface area contributed by atoms with Gasteiger partial charge in [0.15, 0.2) is 0 Å². The van der Waals surface area contributed by atoms with Gasteiger partial charge in [-0.3, -0.25) is 0 Å². The van der Waals surface area contributed by atoms with E-state index < -0.39 is 0 Å². The molecule has 0 amide bonds. The Morgan fingerprint density at radius 3 is 1.38 bits per heavy atom. The molecule has 60 heavy (non-hydrogen) atoms. The minimum Gasteiger partial charge on any atom is -0.0802 e. The molecule has 0 nitrogen and oxygen atoms in total. The van der Waals surface area contributed by atoms with Gasteiger partial charge >= 0.3 is 0 Å². The smallest absolute Gasteiger partial charge is 0.00900 e. The summed E-state index contributed by atoms with van der Waals surface area (Å²) in [6, 6.07) is 58.6. The maximum absolute atomic E-state index is 2.48. The molecule has 7 aliphatic rings. The quantitative estimate of drug-likeness (QED) is 0.144. The molecule has 0 aliphatic heterocycles. The van der Waals surface area contributed by atoms with Crippen molar-refractivity contribution in [2.24, 2.45) is 5.92 Å². The van der Waals surface area contributed by atoms with E-state index in [4.69, 9.17) is 0 Å². The zero-order chi connectivity index (χ0) is 39.3. The number of hydrogen-bond donors (Lipinski definition) is 0. The van der Waals surface area contributed by atoms with Crippen LogP contribution >= 0.6 is 0 Å². The van der Waals surface area contributed by atoms with Gasteiger partial charge in [-0.25, -0.2) is 0 Å². The number of fused-ring (bicyclic) bond motifs is 19. The molecule has 2 atom stereocenters. The standard InChI is InChI=1S/C20H14.C20H16.C20H14/c1-3-7-16-14(6-1)12-19-18(16)10-9-15-11-13-5-2-4-8-17(13)20(15)19;1-3-7-17-13(5-1)9-15-11-20-16(12-19(15)17)10-14-6-2-4-8-18(14)20;1-3-7-17-13(5-1)9-15-11-16-10-14-6-2-4-8-18(14)20(16)12-19(15)17/h1-10H,11-12H2;1-8,11-13,17H,9-10H2;1-8,11-12H,9-10H2. The van der Waals surface area contributed by atoms with E-state index in [1.807, 2.05) is 0 Å². The third-order valence-electron chi connectivity index (χ3n) is 14.6. The molecule has 0 heteroatoms. The summed E-state index contributed by atoms with van der Waals surface area (Å²) in [6.07, 6.45) is 15.8. The van der Waals surface area contributed by atoms with Crippen molar-refractivity contribution in [2.75, 3.05) is 0 Å². The van der Waals surface area contributed by atoms with E-state index in [0.717, 1.165) is 32.1 Å². The highest BCUT2D eigenvalue weighted by Gasteiger charge is 2.33. The fourth-order valence-electron chi connectivity index (χ4n) is 11.8. The summed E-state index contributed by atoms with van der Waals surface area (Å²) in [5.41, 5.74) is 32.6. The molecule has 7 aliphatic carbocycles. The van der Waals surface area contributed by atoms with Gasteiger partial charge in [-0.15, -0.1) is 0 Å². The second kappa shape index (κ2) is 13.4. The summed E-state index contributed by atoms with van der Waals surface area (Å²) >= 11 is 0. The van der Waals surface area contributed by atoms with Crippen LogP contribution in [0.25, 0.3) is 55.6 Å². The largest absolute Gasteiger partial charge is 0.0802 e. The highest BCUT2D eigenvalue weighted by atomic mass is 14.4. The third kappa shape index (κ3) is 5.30. The zero-order valence-electron chi connectivity index (χ0n) is 33.7. The Balaban J connectivity index is 0.0000000926. The lowest BCUT2D eigenvalue weighted by Crippen LogP contribution is -2.04. The van der Waals surface area contributed by atoms with Gasteiger partial charge < -0.3 is 0 Å². The van der Waals surface area contributed by atoms with Crippen molar-refractivity contribution in [1.29, 1.82) is 0 Å². The normalized spacial score (nSPS) is 17.1. The maximum Gasteiger partial charge on any atom is 0.00900 e. The monoisotopic (exact) mass is 764 g/mol. The van der Waals surface area contributed by atoms with E-state index in [1.54, 1.807) is 11.1 Å². The first-order valence-corrected chi connectivity index (χ1v) is 21.9. The number of allylic oxidation sites excluding steroid dienone is 4. The van der Waals surface area contributed by atoms with Crippen molar-refractivity contribution in [1.82, 2.24) is 0 Å². The molecule has 2 unspecified atom stereocenters. The molecular weight excluding hydrogens is 721 g/mol. The van der Waals surface area contributed by atoms with Gasteiger partial charge in [-0.1, -0.05) is 176 Å². The van der Waals surface area contributed by atoms with Crippen LogP contribution in [0.2, 0.25) is 0 Å². The van der Waals surface area contributed by atoms with Crippen molar-refractivity contribution in [3.05, 3.63) is 249 Å².